The zero-order chi connectivity index (χ0) is 12.1. The summed E-state index contributed by atoms with van der Waals surface area (Å²) in [4.78, 5) is 2.51. The van der Waals surface area contributed by atoms with Gasteiger partial charge in [-0.05, 0) is 56.1 Å². The first kappa shape index (κ1) is 12.2. The highest BCUT2D eigenvalue weighted by Gasteiger charge is 2.09. The van der Waals surface area contributed by atoms with Crippen LogP contribution in [0, 0.1) is 0 Å². The third-order valence-corrected chi connectivity index (χ3v) is 3.52. The molecule has 2 rings (SSSR count). The van der Waals surface area contributed by atoms with Crippen LogP contribution in [0.1, 0.15) is 31.2 Å². The molecule has 1 fully saturated rings. The van der Waals surface area contributed by atoms with E-state index in [0.29, 0.717) is 5.75 Å². The number of benzene rings is 1. The Morgan fingerprint density at radius 1 is 1.12 bits per heavy atom. The second-order valence-electron chi connectivity index (χ2n) is 4.89. The van der Waals surface area contributed by atoms with Crippen LogP contribution in [-0.2, 0) is 6.42 Å². The van der Waals surface area contributed by atoms with Crippen LogP contribution >= 0.6 is 0 Å². The first-order valence-corrected chi connectivity index (χ1v) is 6.55. The van der Waals surface area contributed by atoms with Crippen LogP contribution in [0.25, 0.3) is 0 Å². The van der Waals surface area contributed by atoms with E-state index in [1.54, 1.807) is 18.2 Å². The number of anilines is 1. The Morgan fingerprint density at radius 3 is 2.53 bits per heavy atom. The number of nitrogens with zero attached hydrogens (tertiary/aromatic N) is 1. The van der Waals surface area contributed by atoms with E-state index in [0.717, 1.165) is 24.2 Å². The smallest absolute Gasteiger partial charge is 0.116 e. The van der Waals surface area contributed by atoms with E-state index in [4.69, 9.17) is 5.73 Å². The highest BCUT2D eigenvalue weighted by molar-refractivity contribution is 5.50. The number of hydrogen-bond acceptors (Lipinski definition) is 3. The quantitative estimate of drug-likeness (QED) is 0.623. The summed E-state index contributed by atoms with van der Waals surface area (Å²) in [6, 6.07) is 5.21. The zero-order valence-corrected chi connectivity index (χ0v) is 10.4. The molecule has 0 bridgehead atoms. The zero-order valence-electron chi connectivity index (χ0n) is 10.4. The number of phenols is 1. The van der Waals surface area contributed by atoms with Gasteiger partial charge in [0.1, 0.15) is 5.75 Å². The molecule has 1 heterocycles. The molecular weight excluding hydrogens is 212 g/mol. The Hall–Kier alpha value is -1.22. The molecule has 94 valence electrons. The molecule has 1 aliphatic rings. The van der Waals surface area contributed by atoms with Gasteiger partial charge in [0, 0.05) is 12.2 Å². The Balaban J connectivity index is 1.89. The lowest BCUT2D eigenvalue weighted by Gasteiger charge is -2.20. The van der Waals surface area contributed by atoms with Crippen molar-refractivity contribution in [2.45, 2.75) is 32.1 Å². The van der Waals surface area contributed by atoms with Crippen LogP contribution in [0.4, 0.5) is 5.69 Å². The third kappa shape index (κ3) is 3.63. The van der Waals surface area contributed by atoms with Gasteiger partial charge in [-0.3, -0.25) is 0 Å². The molecule has 1 saturated heterocycles. The Morgan fingerprint density at radius 2 is 1.82 bits per heavy atom. The molecule has 0 saturated carbocycles. The van der Waals surface area contributed by atoms with Crippen molar-refractivity contribution < 1.29 is 5.11 Å². The fourth-order valence-electron chi connectivity index (χ4n) is 2.45. The van der Waals surface area contributed by atoms with Crippen LogP contribution in [0.2, 0.25) is 0 Å². The van der Waals surface area contributed by atoms with Crippen LogP contribution < -0.4 is 5.73 Å². The van der Waals surface area contributed by atoms with Gasteiger partial charge in [-0.1, -0.05) is 12.8 Å². The second kappa shape index (κ2) is 5.92. The molecular formula is C14H22N2O. The van der Waals surface area contributed by atoms with Gasteiger partial charge in [-0.15, -0.1) is 0 Å². The highest BCUT2D eigenvalue weighted by atomic mass is 16.3. The summed E-state index contributed by atoms with van der Waals surface area (Å²) in [5.41, 5.74) is 7.76. The Labute approximate surface area is 103 Å². The van der Waals surface area contributed by atoms with Crippen LogP contribution in [0.5, 0.6) is 5.75 Å². The molecule has 3 heteroatoms. The number of phenolic OH excluding ortho intramolecular Hbond substituents is 1. The average molecular weight is 234 g/mol. The van der Waals surface area contributed by atoms with Crippen molar-refractivity contribution in [1.82, 2.24) is 4.90 Å². The van der Waals surface area contributed by atoms with Crippen molar-refractivity contribution in [3.8, 4) is 5.75 Å². The molecule has 1 aliphatic heterocycles. The van der Waals surface area contributed by atoms with Crippen LogP contribution in [-0.4, -0.2) is 29.6 Å². The number of nitrogens with two attached hydrogens (primary N) is 1. The molecule has 0 aliphatic carbocycles. The normalized spacial score (nSPS) is 17.9. The standard InChI is InChI=1S/C14H22N2O/c15-14-6-5-13(17)11-12(14)7-10-16-8-3-1-2-4-9-16/h5-6,11,17H,1-4,7-10,15H2. The summed E-state index contributed by atoms with van der Waals surface area (Å²) in [7, 11) is 0. The lowest BCUT2D eigenvalue weighted by atomic mass is 10.1. The first-order valence-electron chi connectivity index (χ1n) is 6.55. The number of hydrogen-bond donors (Lipinski definition) is 2. The van der Waals surface area contributed by atoms with Gasteiger partial charge in [0.2, 0.25) is 0 Å². The van der Waals surface area contributed by atoms with Crippen molar-refractivity contribution in [2.75, 3.05) is 25.4 Å². The fraction of sp³-hybridized carbons (Fsp3) is 0.571. The minimum Gasteiger partial charge on any atom is -0.508 e. The maximum atomic E-state index is 9.45. The monoisotopic (exact) mass is 234 g/mol. The topological polar surface area (TPSA) is 49.5 Å². The molecule has 3 N–H and O–H groups in total. The van der Waals surface area contributed by atoms with Gasteiger partial charge in [0.15, 0.2) is 0 Å². The van der Waals surface area contributed by atoms with Gasteiger partial charge < -0.3 is 15.7 Å². The molecule has 0 spiro atoms. The largest absolute Gasteiger partial charge is 0.508 e. The molecule has 17 heavy (non-hydrogen) atoms. The maximum absolute atomic E-state index is 9.45. The van der Waals surface area contributed by atoms with Crippen molar-refractivity contribution in [3.05, 3.63) is 23.8 Å². The summed E-state index contributed by atoms with van der Waals surface area (Å²) in [5.74, 6) is 0.310. The van der Waals surface area contributed by atoms with E-state index in [1.165, 1.54) is 38.8 Å². The van der Waals surface area contributed by atoms with E-state index < -0.39 is 0 Å². The van der Waals surface area contributed by atoms with E-state index in [9.17, 15) is 5.11 Å². The molecule has 0 aromatic heterocycles. The van der Waals surface area contributed by atoms with Gasteiger partial charge in [0.25, 0.3) is 0 Å². The van der Waals surface area contributed by atoms with Crippen LogP contribution in [0.15, 0.2) is 18.2 Å². The van der Waals surface area contributed by atoms with Crippen molar-refractivity contribution in [3.63, 3.8) is 0 Å². The molecule has 1 aromatic carbocycles. The van der Waals surface area contributed by atoms with E-state index in [1.807, 2.05) is 0 Å². The van der Waals surface area contributed by atoms with Gasteiger partial charge in [-0.25, -0.2) is 0 Å². The van der Waals surface area contributed by atoms with Gasteiger partial charge >= 0.3 is 0 Å². The number of rotatable bonds is 3. The number of nitrogen functional groups attached to an aromatic ring is 1. The van der Waals surface area contributed by atoms with E-state index in [-0.39, 0.29) is 0 Å². The van der Waals surface area contributed by atoms with Crippen molar-refractivity contribution >= 4 is 5.69 Å². The van der Waals surface area contributed by atoms with E-state index in [2.05, 4.69) is 4.90 Å². The maximum Gasteiger partial charge on any atom is 0.116 e. The summed E-state index contributed by atoms with van der Waals surface area (Å²) in [6.45, 7) is 3.46. The minimum absolute atomic E-state index is 0.310. The Kier molecular flexibility index (Phi) is 4.26. The SMILES string of the molecule is Nc1ccc(O)cc1CCN1CCCCCC1. The molecule has 1 aromatic rings. The second-order valence-corrected chi connectivity index (χ2v) is 4.89. The fourth-order valence-corrected chi connectivity index (χ4v) is 2.45. The third-order valence-electron chi connectivity index (χ3n) is 3.52. The minimum atomic E-state index is 0.310. The molecule has 0 radical (unpaired) electrons. The molecule has 3 nitrogen and oxygen atoms in total. The van der Waals surface area contributed by atoms with Crippen molar-refractivity contribution in [2.24, 2.45) is 0 Å². The average Bonchev–Trinajstić information content (AvgIpc) is 2.59. The Bertz CT molecular complexity index is 357. The molecule has 0 unspecified atom stereocenters. The van der Waals surface area contributed by atoms with Crippen LogP contribution in [0.3, 0.4) is 0 Å². The van der Waals surface area contributed by atoms with Gasteiger partial charge in [-0.2, -0.15) is 0 Å². The van der Waals surface area contributed by atoms with E-state index >= 15 is 0 Å². The number of aromatic hydroxyl groups is 1. The lowest BCUT2D eigenvalue weighted by Crippen LogP contribution is -2.27. The molecule has 0 atom stereocenters. The summed E-state index contributed by atoms with van der Waals surface area (Å²) >= 11 is 0. The lowest BCUT2D eigenvalue weighted by molar-refractivity contribution is 0.289. The predicted octanol–water partition coefficient (Wildman–Crippen LogP) is 2.39. The van der Waals surface area contributed by atoms with Crippen molar-refractivity contribution in [1.29, 1.82) is 0 Å². The highest BCUT2D eigenvalue weighted by Crippen LogP contribution is 2.19. The summed E-state index contributed by atoms with van der Waals surface area (Å²) in [5, 5.41) is 9.45. The molecule has 0 amide bonds. The number of likely N-dealkylation sites (tertiary alicyclic amines) is 1. The summed E-state index contributed by atoms with van der Waals surface area (Å²) < 4.78 is 0. The predicted molar refractivity (Wildman–Crippen MR) is 71.1 cm³/mol. The van der Waals surface area contributed by atoms with Gasteiger partial charge in [0.05, 0.1) is 0 Å². The first-order chi connectivity index (χ1) is 8.25. The summed E-state index contributed by atoms with van der Waals surface area (Å²) in [6.07, 6.45) is 6.29.